The van der Waals surface area contributed by atoms with Crippen LogP contribution >= 0.6 is 0 Å². The molecular weight excluding hydrogens is 646 g/mol. The number of aliphatic hydroxyl groups excluding tert-OH is 3. The van der Waals surface area contributed by atoms with Crippen molar-refractivity contribution in [2.24, 2.45) is 11.7 Å². The van der Waals surface area contributed by atoms with Crippen LogP contribution in [0.1, 0.15) is 38.7 Å². The Labute approximate surface area is 283 Å². The summed E-state index contributed by atoms with van der Waals surface area (Å²) >= 11 is 0. The van der Waals surface area contributed by atoms with E-state index in [0.29, 0.717) is 12.0 Å². The van der Waals surface area contributed by atoms with E-state index in [0.717, 1.165) is 4.90 Å². The molecule has 0 unspecified atom stereocenters. The van der Waals surface area contributed by atoms with E-state index in [9.17, 15) is 54.0 Å². The largest absolute Gasteiger partial charge is 0.480 e. The molecule has 18 nitrogen and oxygen atoms in total. The number of rotatable bonds is 19. The molecule has 1 fully saturated rings. The van der Waals surface area contributed by atoms with Gasteiger partial charge < -0.3 is 57.6 Å². The summed E-state index contributed by atoms with van der Waals surface area (Å²) in [6.07, 6.45) is 0.643. The number of aliphatic hydroxyl groups is 3. The predicted molar refractivity (Wildman–Crippen MR) is 172 cm³/mol. The molecule has 6 atom stereocenters. The van der Waals surface area contributed by atoms with Crippen LogP contribution in [0, 0.1) is 5.92 Å². The number of hydrogen-bond donors (Lipinski definition) is 10. The van der Waals surface area contributed by atoms with Crippen LogP contribution in [0.2, 0.25) is 0 Å². The molecule has 1 heterocycles. The molecule has 272 valence electrons. The number of hydrogen-bond acceptors (Lipinski definition) is 11. The Morgan fingerprint density at radius 1 is 0.755 bits per heavy atom. The second kappa shape index (κ2) is 20.0. The van der Waals surface area contributed by atoms with Gasteiger partial charge in [-0.05, 0) is 30.7 Å². The highest BCUT2D eigenvalue weighted by Gasteiger charge is 2.38. The number of carbonyl (C=O) groups excluding carboxylic acids is 6. The first kappa shape index (κ1) is 40.5. The minimum Gasteiger partial charge on any atom is -0.480 e. The highest BCUT2D eigenvalue weighted by atomic mass is 16.4. The highest BCUT2D eigenvalue weighted by Crippen LogP contribution is 2.19. The molecule has 0 radical (unpaired) electrons. The molecule has 1 saturated heterocycles. The van der Waals surface area contributed by atoms with Gasteiger partial charge in [-0.2, -0.15) is 0 Å². The van der Waals surface area contributed by atoms with E-state index < -0.39 is 104 Å². The third-order valence-electron chi connectivity index (χ3n) is 7.71. The zero-order valence-corrected chi connectivity index (χ0v) is 27.5. The molecule has 1 aromatic rings. The molecule has 0 aromatic heterocycles. The van der Waals surface area contributed by atoms with Crippen LogP contribution in [0.3, 0.4) is 0 Å². The van der Waals surface area contributed by atoms with Crippen molar-refractivity contribution in [3.8, 4) is 0 Å². The minimum absolute atomic E-state index is 0.0732. The van der Waals surface area contributed by atoms with Crippen LogP contribution in [0.5, 0.6) is 0 Å². The number of carboxylic acids is 1. The van der Waals surface area contributed by atoms with Crippen molar-refractivity contribution >= 4 is 41.4 Å². The summed E-state index contributed by atoms with van der Waals surface area (Å²) in [4.78, 5) is 90.3. The summed E-state index contributed by atoms with van der Waals surface area (Å²) in [7, 11) is 0. The zero-order valence-electron chi connectivity index (χ0n) is 27.5. The predicted octanol–water partition coefficient (Wildman–Crippen LogP) is -4.29. The first-order valence-electron chi connectivity index (χ1n) is 15.9. The van der Waals surface area contributed by atoms with Crippen molar-refractivity contribution < 1.29 is 54.0 Å². The maximum atomic E-state index is 13.7. The lowest BCUT2D eigenvalue weighted by Gasteiger charge is -2.29. The van der Waals surface area contributed by atoms with Gasteiger partial charge in [0.1, 0.15) is 36.3 Å². The van der Waals surface area contributed by atoms with Crippen molar-refractivity contribution in [2.75, 3.05) is 32.9 Å². The molecule has 0 spiro atoms. The Balaban J connectivity index is 2.26. The van der Waals surface area contributed by atoms with E-state index in [1.807, 2.05) is 0 Å². The topological polar surface area (TPSA) is 290 Å². The van der Waals surface area contributed by atoms with Gasteiger partial charge in [0.2, 0.25) is 35.4 Å². The normalized spacial score (nSPS) is 17.2. The van der Waals surface area contributed by atoms with Crippen molar-refractivity contribution in [2.45, 2.75) is 75.8 Å². The van der Waals surface area contributed by atoms with Crippen molar-refractivity contribution in [3.63, 3.8) is 0 Å². The minimum atomic E-state index is -1.62. The van der Waals surface area contributed by atoms with Gasteiger partial charge in [0.25, 0.3) is 0 Å². The fraction of sp³-hybridized carbons (Fsp3) is 0.581. The first-order chi connectivity index (χ1) is 23.3. The average molecular weight is 694 g/mol. The molecule has 0 aliphatic carbocycles. The molecule has 1 aromatic carbocycles. The number of aliphatic carboxylic acids is 1. The second-order valence-electron chi connectivity index (χ2n) is 12.0. The molecule has 49 heavy (non-hydrogen) atoms. The van der Waals surface area contributed by atoms with Gasteiger partial charge in [-0.25, -0.2) is 4.79 Å². The van der Waals surface area contributed by atoms with Crippen LogP contribution in [0.15, 0.2) is 30.3 Å². The maximum Gasteiger partial charge on any atom is 0.326 e. The molecular formula is C31H47N7O11. The number of nitrogens with zero attached hydrogens (tertiary/aromatic N) is 1. The van der Waals surface area contributed by atoms with Gasteiger partial charge in [-0.1, -0.05) is 44.2 Å². The fourth-order valence-corrected chi connectivity index (χ4v) is 5.17. The summed E-state index contributed by atoms with van der Waals surface area (Å²) in [6.45, 7) is 0.621. The molecule has 6 amide bonds. The Hall–Kier alpha value is -4.65. The van der Waals surface area contributed by atoms with E-state index in [4.69, 9.17) is 5.73 Å². The van der Waals surface area contributed by atoms with Crippen LogP contribution in [0.4, 0.5) is 0 Å². The van der Waals surface area contributed by atoms with Gasteiger partial charge >= 0.3 is 5.97 Å². The number of likely N-dealkylation sites (tertiary alicyclic amines) is 1. The van der Waals surface area contributed by atoms with E-state index in [2.05, 4.69) is 26.6 Å². The number of carbonyl (C=O) groups is 7. The molecule has 1 aliphatic heterocycles. The van der Waals surface area contributed by atoms with Crippen LogP contribution in [-0.2, 0) is 40.0 Å². The van der Waals surface area contributed by atoms with Gasteiger partial charge in [-0.3, -0.25) is 28.8 Å². The molecule has 18 heteroatoms. The third-order valence-corrected chi connectivity index (χ3v) is 7.71. The SMILES string of the molecule is CC(C)C[C@H](NC(=O)[C@H](Cc1ccccc1)NC(=O)[C@H](CO)NC(=O)[C@H](CO)NC(=O)CN)C(=O)N[C@@H](CO)C(=O)N1CCC[C@H]1C(=O)O. The zero-order chi connectivity index (χ0) is 36.7. The number of carboxylic acid groups (broad SMARTS) is 1. The fourth-order valence-electron chi connectivity index (χ4n) is 5.17. The number of amides is 6. The Morgan fingerprint density at radius 2 is 1.24 bits per heavy atom. The number of nitrogens with one attached hydrogen (secondary N) is 5. The molecule has 0 saturated carbocycles. The average Bonchev–Trinajstić information content (AvgIpc) is 3.58. The smallest absolute Gasteiger partial charge is 0.326 e. The summed E-state index contributed by atoms with van der Waals surface area (Å²) in [5.74, 6) is -6.58. The molecule has 0 bridgehead atoms. The standard InChI is InChI=1S/C31H47N7O11/c1-17(2)11-19(26(43)37-23(16-41)30(47)38-10-6-9-24(38)31(48)49)34-27(44)20(12-18-7-4-3-5-8-18)35-29(46)22(15-40)36-28(45)21(14-39)33-25(42)13-32/h3-5,7-8,17,19-24,39-41H,6,9-16,32H2,1-2H3,(H,33,42)(H,34,44)(H,35,46)(H,36,45)(H,37,43)(H,48,49)/t19-,20-,21-,22-,23-,24-/m0/s1. The van der Waals surface area contributed by atoms with Gasteiger partial charge in [-0.15, -0.1) is 0 Å². The van der Waals surface area contributed by atoms with Crippen LogP contribution in [-0.4, -0.2) is 136 Å². The quantitative estimate of drug-likeness (QED) is 0.0659. The van der Waals surface area contributed by atoms with Gasteiger partial charge in [0, 0.05) is 13.0 Å². The Morgan fingerprint density at radius 3 is 1.78 bits per heavy atom. The second-order valence-corrected chi connectivity index (χ2v) is 12.0. The van der Waals surface area contributed by atoms with E-state index in [-0.39, 0.29) is 31.7 Å². The third kappa shape index (κ3) is 12.4. The highest BCUT2D eigenvalue weighted by molar-refractivity contribution is 5.97. The lowest BCUT2D eigenvalue weighted by molar-refractivity contribution is -0.150. The number of nitrogens with two attached hydrogens (primary N) is 1. The first-order valence-corrected chi connectivity index (χ1v) is 15.9. The lowest BCUT2D eigenvalue weighted by Crippen LogP contribution is -2.61. The summed E-state index contributed by atoms with van der Waals surface area (Å²) in [5.41, 5.74) is 5.82. The van der Waals surface area contributed by atoms with E-state index in [1.54, 1.807) is 44.2 Å². The molecule has 1 aliphatic rings. The monoisotopic (exact) mass is 693 g/mol. The van der Waals surface area contributed by atoms with Crippen molar-refractivity contribution in [1.82, 2.24) is 31.5 Å². The van der Waals surface area contributed by atoms with Gasteiger partial charge in [0.15, 0.2) is 0 Å². The lowest BCUT2D eigenvalue weighted by atomic mass is 10.0. The summed E-state index contributed by atoms with van der Waals surface area (Å²) < 4.78 is 0. The van der Waals surface area contributed by atoms with Gasteiger partial charge in [0.05, 0.1) is 26.4 Å². The summed E-state index contributed by atoms with van der Waals surface area (Å²) in [5, 5.41) is 50.6. The molecule has 11 N–H and O–H groups in total. The Kier molecular flexibility index (Phi) is 16.5. The maximum absolute atomic E-state index is 13.7. The van der Waals surface area contributed by atoms with E-state index >= 15 is 0 Å². The number of benzene rings is 1. The Bertz CT molecular complexity index is 1310. The summed E-state index contributed by atoms with van der Waals surface area (Å²) in [6, 6.07) is 0.202. The van der Waals surface area contributed by atoms with E-state index in [1.165, 1.54) is 0 Å². The molecule has 2 rings (SSSR count). The van der Waals surface area contributed by atoms with Crippen LogP contribution in [0.25, 0.3) is 0 Å². The van der Waals surface area contributed by atoms with Crippen LogP contribution < -0.4 is 32.3 Å². The van der Waals surface area contributed by atoms with Crippen molar-refractivity contribution in [1.29, 1.82) is 0 Å². The van der Waals surface area contributed by atoms with Crippen molar-refractivity contribution in [3.05, 3.63) is 35.9 Å².